The Kier molecular flexibility index (Phi) is 6.52. The Labute approximate surface area is 188 Å². The number of nitrogens with zero attached hydrogens (tertiary/aromatic N) is 3. The van der Waals surface area contributed by atoms with Crippen LogP contribution in [0.1, 0.15) is 27.2 Å². The standard InChI is InChI=1S/C26H28N4O2/c1-19-7-6-15-30-17-22(27-25(19)30)18-32-24-9-5-4-8-23(24)26(31)28-21-12-10-20(11-13-21)14-16-29(2)3/h4-13,15,17H,14,16,18H2,1-3H3,(H,28,31). The van der Waals surface area contributed by atoms with Crippen LogP contribution >= 0.6 is 0 Å². The number of carbonyl (C=O) groups is 1. The summed E-state index contributed by atoms with van der Waals surface area (Å²) in [5.74, 6) is 0.328. The molecule has 4 aromatic rings. The van der Waals surface area contributed by atoms with Crippen LogP contribution in [0.3, 0.4) is 0 Å². The number of nitrogens with one attached hydrogen (secondary N) is 1. The molecule has 0 radical (unpaired) electrons. The van der Waals surface area contributed by atoms with Gasteiger partial charge >= 0.3 is 0 Å². The number of aryl methyl sites for hydroxylation is 1. The molecule has 2 aromatic heterocycles. The molecule has 0 aliphatic carbocycles. The van der Waals surface area contributed by atoms with Crippen LogP contribution in [0, 0.1) is 6.92 Å². The minimum absolute atomic E-state index is 0.201. The highest BCUT2D eigenvalue weighted by atomic mass is 16.5. The highest BCUT2D eigenvalue weighted by Gasteiger charge is 2.13. The molecule has 0 spiro atoms. The number of anilines is 1. The summed E-state index contributed by atoms with van der Waals surface area (Å²) in [6, 6.07) is 19.3. The van der Waals surface area contributed by atoms with Gasteiger partial charge in [-0.05, 0) is 68.9 Å². The first-order valence-corrected chi connectivity index (χ1v) is 10.7. The fourth-order valence-corrected chi connectivity index (χ4v) is 3.51. The number of benzene rings is 2. The molecule has 1 amide bonds. The number of likely N-dealkylation sites (N-methyl/N-ethyl adjacent to an activating group) is 1. The number of hydrogen-bond acceptors (Lipinski definition) is 4. The summed E-state index contributed by atoms with van der Waals surface area (Å²) in [5.41, 5.74) is 5.31. The minimum Gasteiger partial charge on any atom is -0.486 e. The molecule has 0 bridgehead atoms. The van der Waals surface area contributed by atoms with E-state index in [4.69, 9.17) is 4.74 Å². The summed E-state index contributed by atoms with van der Waals surface area (Å²) in [4.78, 5) is 19.7. The van der Waals surface area contributed by atoms with Crippen molar-refractivity contribution in [2.45, 2.75) is 20.0 Å². The fourth-order valence-electron chi connectivity index (χ4n) is 3.51. The number of imidazole rings is 1. The van der Waals surface area contributed by atoms with Crippen LogP contribution in [-0.4, -0.2) is 40.8 Å². The van der Waals surface area contributed by atoms with Crippen molar-refractivity contribution in [1.82, 2.24) is 14.3 Å². The van der Waals surface area contributed by atoms with Crippen molar-refractivity contribution >= 4 is 17.2 Å². The molecule has 0 aliphatic heterocycles. The lowest BCUT2D eigenvalue weighted by molar-refractivity contribution is 0.102. The number of para-hydroxylation sites is 1. The SMILES string of the molecule is Cc1cccn2cc(COc3ccccc3C(=O)Nc3ccc(CCN(C)C)cc3)nc12. The Morgan fingerprint density at radius 1 is 1.06 bits per heavy atom. The number of pyridine rings is 1. The number of aromatic nitrogens is 2. The molecule has 0 atom stereocenters. The van der Waals surface area contributed by atoms with Crippen molar-refractivity contribution in [2.24, 2.45) is 0 Å². The van der Waals surface area contributed by atoms with E-state index in [0.29, 0.717) is 11.3 Å². The van der Waals surface area contributed by atoms with Gasteiger partial charge in [-0.1, -0.05) is 30.3 Å². The van der Waals surface area contributed by atoms with E-state index in [2.05, 4.69) is 29.3 Å². The number of hydrogen-bond donors (Lipinski definition) is 1. The molecule has 0 fully saturated rings. The van der Waals surface area contributed by atoms with E-state index < -0.39 is 0 Å². The zero-order chi connectivity index (χ0) is 22.5. The fraction of sp³-hybridized carbons (Fsp3) is 0.231. The molecule has 0 unspecified atom stereocenters. The summed E-state index contributed by atoms with van der Waals surface area (Å²) in [6.45, 7) is 3.30. The van der Waals surface area contributed by atoms with Gasteiger partial charge in [-0.3, -0.25) is 4.79 Å². The van der Waals surface area contributed by atoms with Crippen molar-refractivity contribution in [3.05, 3.63) is 95.4 Å². The normalized spacial score (nSPS) is 11.1. The molecule has 2 aromatic carbocycles. The molecule has 164 valence electrons. The van der Waals surface area contributed by atoms with E-state index in [1.165, 1.54) is 5.56 Å². The molecule has 2 heterocycles. The Morgan fingerprint density at radius 3 is 2.59 bits per heavy atom. The first kappa shape index (κ1) is 21.6. The Morgan fingerprint density at radius 2 is 1.84 bits per heavy atom. The first-order chi connectivity index (χ1) is 15.5. The lowest BCUT2D eigenvalue weighted by Gasteiger charge is -2.12. The van der Waals surface area contributed by atoms with E-state index >= 15 is 0 Å². The van der Waals surface area contributed by atoms with Gasteiger partial charge in [0.15, 0.2) is 0 Å². The van der Waals surface area contributed by atoms with Crippen molar-refractivity contribution in [3.8, 4) is 5.75 Å². The molecule has 6 heteroatoms. The lowest BCUT2D eigenvalue weighted by atomic mass is 10.1. The topological polar surface area (TPSA) is 58.9 Å². The van der Waals surface area contributed by atoms with Gasteiger partial charge in [0, 0.05) is 24.6 Å². The molecule has 0 saturated carbocycles. The average Bonchev–Trinajstić information content (AvgIpc) is 3.22. The third-order valence-corrected chi connectivity index (χ3v) is 5.29. The smallest absolute Gasteiger partial charge is 0.259 e. The van der Waals surface area contributed by atoms with Crippen LogP contribution in [-0.2, 0) is 13.0 Å². The van der Waals surface area contributed by atoms with Crippen molar-refractivity contribution in [3.63, 3.8) is 0 Å². The zero-order valence-corrected chi connectivity index (χ0v) is 18.7. The average molecular weight is 429 g/mol. The van der Waals surface area contributed by atoms with E-state index in [0.717, 1.165) is 35.6 Å². The number of fused-ring (bicyclic) bond motifs is 1. The van der Waals surface area contributed by atoms with E-state index in [1.807, 2.05) is 72.2 Å². The monoisotopic (exact) mass is 428 g/mol. The van der Waals surface area contributed by atoms with Gasteiger partial charge in [-0.2, -0.15) is 0 Å². The Hall–Kier alpha value is -3.64. The predicted molar refractivity (Wildman–Crippen MR) is 127 cm³/mol. The first-order valence-electron chi connectivity index (χ1n) is 10.7. The molecule has 4 rings (SSSR count). The van der Waals surface area contributed by atoms with Gasteiger partial charge in [0.05, 0.1) is 11.3 Å². The van der Waals surface area contributed by atoms with Crippen LogP contribution in [0.5, 0.6) is 5.75 Å². The van der Waals surface area contributed by atoms with Gasteiger partial charge in [-0.25, -0.2) is 4.98 Å². The van der Waals surface area contributed by atoms with Gasteiger partial charge in [0.2, 0.25) is 0 Å². The Bertz CT molecular complexity index is 1210. The van der Waals surface area contributed by atoms with Crippen LogP contribution in [0.15, 0.2) is 73.1 Å². The van der Waals surface area contributed by atoms with Crippen LogP contribution in [0.2, 0.25) is 0 Å². The second-order valence-corrected chi connectivity index (χ2v) is 8.14. The summed E-state index contributed by atoms with van der Waals surface area (Å²) >= 11 is 0. The molecular weight excluding hydrogens is 400 g/mol. The minimum atomic E-state index is -0.201. The third kappa shape index (κ3) is 5.15. The van der Waals surface area contributed by atoms with Gasteiger partial charge in [0.1, 0.15) is 18.0 Å². The predicted octanol–water partition coefficient (Wildman–Crippen LogP) is 4.58. The summed E-state index contributed by atoms with van der Waals surface area (Å²) < 4.78 is 7.96. The summed E-state index contributed by atoms with van der Waals surface area (Å²) in [6.07, 6.45) is 4.88. The lowest BCUT2D eigenvalue weighted by Crippen LogP contribution is -2.15. The second kappa shape index (κ2) is 9.66. The van der Waals surface area contributed by atoms with Crippen LogP contribution in [0.25, 0.3) is 5.65 Å². The maximum Gasteiger partial charge on any atom is 0.259 e. The van der Waals surface area contributed by atoms with E-state index in [-0.39, 0.29) is 12.5 Å². The quantitative estimate of drug-likeness (QED) is 0.446. The molecular formula is C26H28N4O2. The van der Waals surface area contributed by atoms with E-state index in [1.54, 1.807) is 12.1 Å². The molecule has 32 heavy (non-hydrogen) atoms. The Balaban J connectivity index is 1.43. The maximum atomic E-state index is 12.9. The van der Waals surface area contributed by atoms with E-state index in [9.17, 15) is 4.79 Å². The van der Waals surface area contributed by atoms with Crippen molar-refractivity contribution in [2.75, 3.05) is 26.0 Å². The largest absolute Gasteiger partial charge is 0.486 e. The zero-order valence-electron chi connectivity index (χ0n) is 18.7. The third-order valence-electron chi connectivity index (χ3n) is 5.29. The van der Waals surface area contributed by atoms with Crippen LogP contribution < -0.4 is 10.1 Å². The van der Waals surface area contributed by atoms with Crippen molar-refractivity contribution < 1.29 is 9.53 Å². The highest BCUT2D eigenvalue weighted by Crippen LogP contribution is 2.22. The van der Waals surface area contributed by atoms with Crippen LogP contribution in [0.4, 0.5) is 5.69 Å². The molecule has 0 aliphatic rings. The number of carbonyl (C=O) groups excluding carboxylic acids is 1. The van der Waals surface area contributed by atoms with Gasteiger partial charge in [0.25, 0.3) is 5.91 Å². The summed E-state index contributed by atoms with van der Waals surface area (Å²) in [7, 11) is 4.12. The molecule has 0 saturated heterocycles. The van der Waals surface area contributed by atoms with Gasteiger partial charge < -0.3 is 19.4 Å². The van der Waals surface area contributed by atoms with Gasteiger partial charge in [-0.15, -0.1) is 0 Å². The molecule has 1 N–H and O–H groups in total. The second-order valence-electron chi connectivity index (χ2n) is 8.14. The number of ether oxygens (including phenoxy) is 1. The summed E-state index contributed by atoms with van der Waals surface area (Å²) in [5, 5.41) is 2.97. The maximum absolute atomic E-state index is 12.9. The highest BCUT2D eigenvalue weighted by molar-refractivity contribution is 6.06. The number of rotatable bonds is 8. The number of amides is 1. The van der Waals surface area contributed by atoms with Crippen molar-refractivity contribution in [1.29, 1.82) is 0 Å². The molecule has 6 nitrogen and oxygen atoms in total.